The molecule has 0 saturated carbocycles. The summed E-state index contributed by atoms with van der Waals surface area (Å²) >= 11 is 6.06. The SMILES string of the molecule is Cc1ccc(NC(=O)N2CCN(CC(OCc3ccc(C(F)(F)F)cc3)c3ccc(Cl)cc3)CC2)cc1. The quantitative estimate of drug-likeness (QED) is 0.366. The molecular weight excluding hydrogens is 503 g/mol. The highest BCUT2D eigenvalue weighted by Gasteiger charge is 2.30. The van der Waals surface area contributed by atoms with Crippen molar-refractivity contribution >= 4 is 23.3 Å². The lowest BCUT2D eigenvalue weighted by molar-refractivity contribution is -0.137. The zero-order valence-corrected chi connectivity index (χ0v) is 21.2. The van der Waals surface area contributed by atoms with Crippen LogP contribution in [-0.2, 0) is 17.5 Å². The molecular formula is C28H29ClF3N3O2. The third kappa shape index (κ3) is 7.71. The van der Waals surface area contributed by atoms with E-state index in [1.54, 1.807) is 17.0 Å². The zero-order chi connectivity index (χ0) is 26.4. The second kappa shape index (κ2) is 12.0. The monoisotopic (exact) mass is 531 g/mol. The first kappa shape index (κ1) is 27.0. The lowest BCUT2D eigenvalue weighted by atomic mass is 10.1. The van der Waals surface area contributed by atoms with E-state index in [4.69, 9.17) is 16.3 Å². The van der Waals surface area contributed by atoms with E-state index in [2.05, 4.69) is 10.2 Å². The molecule has 2 amide bonds. The van der Waals surface area contributed by atoms with Gasteiger partial charge in [0, 0.05) is 43.4 Å². The van der Waals surface area contributed by atoms with Crippen molar-refractivity contribution in [1.82, 2.24) is 9.80 Å². The molecule has 9 heteroatoms. The summed E-state index contributed by atoms with van der Waals surface area (Å²) in [6.07, 6.45) is -4.68. The molecule has 1 aliphatic rings. The number of carbonyl (C=O) groups excluding carboxylic acids is 1. The second-order valence-electron chi connectivity index (χ2n) is 9.13. The van der Waals surface area contributed by atoms with Crippen LogP contribution in [0, 0.1) is 6.92 Å². The summed E-state index contributed by atoms with van der Waals surface area (Å²) in [5.41, 5.74) is 2.79. The van der Waals surface area contributed by atoms with E-state index in [9.17, 15) is 18.0 Å². The number of amides is 2. The van der Waals surface area contributed by atoms with Crippen LogP contribution in [0.3, 0.4) is 0 Å². The Morgan fingerprint density at radius 2 is 1.57 bits per heavy atom. The van der Waals surface area contributed by atoms with Gasteiger partial charge in [-0.05, 0) is 54.4 Å². The number of nitrogens with zero attached hydrogens (tertiary/aromatic N) is 2. The fourth-order valence-corrected chi connectivity index (χ4v) is 4.25. The Morgan fingerprint density at radius 1 is 0.946 bits per heavy atom. The number of benzene rings is 3. The summed E-state index contributed by atoms with van der Waals surface area (Å²) in [6, 6.07) is 19.9. The smallest absolute Gasteiger partial charge is 0.368 e. The van der Waals surface area contributed by atoms with Gasteiger partial charge in [-0.2, -0.15) is 13.2 Å². The third-order valence-corrected chi connectivity index (χ3v) is 6.61. The first-order valence-corrected chi connectivity index (χ1v) is 12.4. The van der Waals surface area contributed by atoms with Crippen LogP contribution in [0.2, 0.25) is 5.02 Å². The number of hydrogen-bond acceptors (Lipinski definition) is 3. The molecule has 1 unspecified atom stereocenters. The number of aryl methyl sites for hydroxylation is 1. The first-order chi connectivity index (χ1) is 17.7. The Balaban J connectivity index is 1.35. The van der Waals surface area contributed by atoms with Crippen molar-refractivity contribution in [2.75, 3.05) is 38.0 Å². The van der Waals surface area contributed by atoms with E-state index in [1.807, 2.05) is 43.3 Å². The van der Waals surface area contributed by atoms with Crippen LogP contribution in [0.5, 0.6) is 0 Å². The van der Waals surface area contributed by atoms with Crippen LogP contribution in [0.4, 0.5) is 23.7 Å². The average Bonchev–Trinajstić information content (AvgIpc) is 2.88. The molecule has 1 N–H and O–H groups in total. The molecule has 3 aromatic carbocycles. The predicted octanol–water partition coefficient (Wildman–Crippen LogP) is 6.77. The fourth-order valence-electron chi connectivity index (χ4n) is 4.13. The molecule has 1 saturated heterocycles. The van der Waals surface area contributed by atoms with Gasteiger partial charge in [0.1, 0.15) is 0 Å². The number of anilines is 1. The Kier molecular flexibility index (Phi) is 8.74. The normalized spacial score (nSPS) is 15.4. The summed E-state index contributed by atoms with van der Waals surface area (Å²) in [6.45, 7) is 5.24. The second-order valence-corrected chi connectivity index (χ2v) is 9.57. The molecule has 0 radical (unpaired) electrons. The number of hydrogen-bond donors (Lipinski definition) is 1. The molecule has 0 aliphatic carbocycles. The minimum Gasteiger partial charge on any atom is -0.368 e. The van der Waals surface area contributed by atoms with Gasteiger partial charge in [-0.1, -0.05) is 53.6 Å². The summed E-state index contributed by atoms with van der Waals surface area (Å²) in [4.78, 5) is 16.7. The van der Waals surface area contributed by atoms with Crippen molar-refractivity contribution in [3.8, 4) is 0 Å². The standard InChI is InChI=1S/C28H29ClF3N3O2/c1-20-2-12-25(13-3-20)33-27(36)35-16-14-34(15-17-35)18-26(22-6-10-24(29)11-7-22)37-19-21-4-8-23(9-5-21)28(30,31)32/h2-13,26H,14-19H2,1H3,(H,33,36). The van der Waals surface area contributed by atoms with Crippen molar-refractivity contribution in [3.05, 3.63) is 100 Å². The van der Waals surface area contributed by atoms with Crippen molar-refractivity contribution in [2.45, 2.75) is 25.8 Å². The molecule has 1 heterocycles. The highest BCUT2D eigenvalue weighted by Crippen LogP contribution is 2.30. The van der Waals surface area contributed by atoms with Gasteiger partial charge in [-0.25, -0.2) is 4.79 Å². The molecule has 0 bridgehead atoms. The number of nitrogens with one attached hydrogen (secondary N) is 1. The number of alkyl halides is 3. The first-order valence-electron chi connectivity index (χ1n) is 12.1. The number of rotatable bonds is 7. The molecule has 5 nitrogen and oxygen atoms in total. The van der Waals surface area contributed by atoms with E-state index >= 15 is 0 Å². The maximum Gasteiger partial charge on any atom is 0.416 e. The van der Waals surface area contributed by atoms with E-state index in [0.717, 1.165) is 28.9 Å². The predicted molar refractivity (Wildman–Crippen MR) is 139 cm³/mol. The highest BCUT2D eigenvalue weighted by molar-refractivity contribution is 6.30. The van der Waals surface area contributed by atoms with E-state index in [0.29, 0.717) is 43.3 Å². The molecule has 1 aliphatic heterocycles. The van der Waals surface area contributed by atoms with Gasteiger partial charge in [-0.15, -0.1) is 0 Å². The fraction of sp³-hybridized carbons (Fsp3) is 0.321. The minimum atomic E-state index is -4.37. The number of urea groups is 1. The van der Waals surface area contributed by atoms with Gasteiger partial charge in [0.15, 0.2) is 0 Å². The summed E-state index contributed by atoms with van der Waals surface area (Å²) in [5.74, 6) is 0. The lowest BCUT2D eigenvalue weighted by Crippen LogP contribution is -2.50. The van der Waals surface area contributed by atoms with Crippen LogP contribution < -0.4 is 5.32 Å². The Labute approximate surface area is 219 Å². The van der Waals surface area contributed by atoms with Crippen LogP contribution in [0.1, 0.15) is 28.4 Å². The topological polar surface area (TPSA) is 44.8 Å². The van der Waals surface area contributed by atoms with Gasteiger partial charge in [-0.3, -0.25) is 4.90 Å². The molecule has 0 aromatic heterocycles. The summed E-state index contributed by atoms with van der Waals surface area (Å²) in [5, 5.41) is 3.55. The molecule has 196 valence electrons. The van der Waals surface area contributed by atoms with Crippen molar-refractivity contribution in [2.24, 2.45) is 0 Å². The zero-order valence-electron chi connectivity index (χ0n) is 20.5. The molecule has 4 rings (SSSR count). The number of piperazine rings is 1. The van der Waals surface area contributed by atoms with Gasteiger partial charge < -0.3 is 15.0 Å². The number of carbonyl (C=O) groups is 1. The number of halogens is 4. The van der Waals surface area contributed by atoms with E-state index < -0.39 is 11.7 Å². The Morgan fingerprint density at radius 3 is 2.16 bits per heavy atom. The van der Waals surface area contributed by atoms with Crippen molar-refractivity contribution in [1.29, 1.82) is 0 Å². The highest BCUT2D eigenvalue weighted by atomic mass is 35.5. The van der Waals surface area contributed by atoms with Crippen molar-refractivity contribution in [3.63, 3.8) is 0 Å². The van der Waals surface area contributed by atoms with Gasteiger partial charge in [0.05, 0.1) is 18.3 Å². The Hall–Kier alpha value is -3.07. The van der Waals surface area contributed by atoms with E-state index in [-0.39, 0.29) is 18.7 Å². The summed E-state index contributed by atoms with van der Waals surface area (Å²) < 4.78 is 44.8. The largest absolute Gasteiger partial charge is 0.416 e. The van der Waals surface area contributed by atoms with E-state index in [1.165, 1.54) is 12.1 Å². The van der Waals surface area contributed by atoms with Gasteiger partial charge in [0.2, 0.25) is 0 Å². The molecule has 0 spiro atoms. The molecule has 1 fully saturated rings. The minimum absolute atomic E-state index is 0.128. The van der Waals surface area contributed by atoms with Crippen molar-refractivity contribution < 1.29 is 22.7 Å². The maximum atomic E-state index is 12.9. The molecule has 37 heavy (non-hydrogen) atoms. The van der Waals surface area contributed by atoms with Crippen LogP contribution in [0.15, 0.2) is 72.8 Å². The van der Waals surface area contributed by atoms with Crippen LogP contribution in [0.25, 0.3) is 0 Å². The number of ether oxygens (including phenoxy) is 1. The van der Waals surface area contributed by atoms with Crippen LogP contribution in [-0.4, -0.2) is 48.6 Å². The molecule has 1 atom stereocenters. The lowest BCUT2D eigenvalue weighted by Gasteiger charge is -2.36. The van der Waals surface area contributed by atoms with Gasteiger partial charge >= 0.3 is 12.2 Å². The molecule has 3 aromatic rings. The third-order valence-electron chi connectivity index (χ3n) is 6.36. The van der Waals surface area contributed by atoms with Gasteiger partial charge in [0.25, 0.3) is 0 Å². The average molecular weight is 532 g/mol. The Bertz CT molecular complexity index is 1160. The summed E-state index contributed by atoms with van der Waals surface area (Å²) in [7, 11) is 0. The maximum absolute atomic E-state index is 12.9. The van der Waals surface area contributed by atoms with Crippen LogP contribution >= 0.6 is 11.6 Å².